The molecule has 0 unspecified atom stereocenters. The molecule has 2 aromatic carbocycles. The molecule has 36 heavy (non-hydrogen) atoms. The van der Waals surface area contributed by atoms with Gasteiger partial charge < -0.3 is 54.0 Å². The summed E-state index contributed by atoms with van der Waals surface area (Å²) in [7, 11) is 3.85. The molecular weight excluding hydrogens is 484 g/mol. The minimum atomic E-state index is -1.73. The molecule has 0 aliphatic carbocycles. The van der Waals surface area contributed by atoms with Crippen molar-refractivity contribution in [1.82, 2.24) is 0 Å². The Hall–Kier alpha value is -3.78. The maximum Gasteiger partial charge on any atom is 0.338 e. The molecule has 1 aliphatic rings. The number of aromatic carboxylic acids is 1. The first kappa shape index (κ1) is 26.8. The minimum Gasteiger partial charge on any atom is -0.502 e. The molecule has 0 spiro atoms. The first-order valence-electron chi connectivity index (χ1n) is 10.5. The molecule has 196 valence electrons. The SMILES string of the molecule is COc1cc(C(=O)O)ccc1O[C@H]1O[C@H](COC(=O)c2cc(OC)c(O)c(OC)c2)[C@@H](O)[C@H](O)[C@H]1O. The molecule has 5 atom stereocenters. The molecule has 5 N–H and O–H groups in total. The van der Waals surface area contributed by atoms with Crippen molar-refractivity contribution >= 4 is 11.9 Å². The van der Waals surface area contributed by atoms with Gasteiger partial charge >= 0.3 is 11.9 Å². The summed E-state index contributed by atoms with van der Waals surface area (Å²) in [5, 5.41) is 50.1. The van der Waals surface area contributed by atoms with Crippen molar-refractivity contribution < 1.29 is 63.5 Å². The van der Waals surface area contributed by atoms with Gasteiger partial charge in [-0.3, -0.25) is 0 Å². The largest absolute Gasteiger partial charge is 0.502 e. The lowest BCUT2D eigenvalue weighted by atomic mass is 9.99. The Morgan fingerprint density at radius 1 is 0.833 bits per heavy atom. The summed E-state index contributed by atoms with van der Waals surface area (Å²) in [6, 6.07) is 6.14. The smallest absolute Gasteiger partial charge is 0.338 e. The van der Waals surface area contributed by atoms with E-state index in [1.165, 1.54) is 51.7 Å². The van der Waals surface area contributed by atoms with Gasteiger partial charge in [0.05, 0.1) is 32.5 Å². The van der Waals surface area contributed by atoms with Crippen LogP contribution in [0.1, 0.15) is 20.7 Å². The second-order valence-electron chi connectivity index (χ2n) is 7.63. The van der Waals surface area contributed by atoms with Crippen LogP contribution in [0.3, 0.4) is 0 Å². The summed E-state index contributed by atoms with van der Waals surface area (Å²) in [6.07, 6.45) is -7.94. The van der Waals surface area contributed by atoms with Gasteiger partial charge in [-0.25, -0.2) is 9.59 Å². The van der Waals surface area contributed by atoms with Crippen LogP contribution in [0.25, 0.3) is 0 Å². The molecule has 0 aromatic heterocycles. The Morgan fingerprint density at radius 3 is 1.97 bits per heavy atom. The molecule has 13 nitrogen and oxygen atoms in total. The zero-order valence-electron chi connectivity index (χ0n) is 19.5. The molecular formula is C23H26O13. The molecule has 1 saturated heterocycles. The van der Waals surface area contributed by atoms with Crippen molar-refractivity contribution in [3.8, 4) is 28.7 Å². The molecule has 3 rings (SSSR count). The molecule has 2 aromatic rings. The fourth-order valence-corrected chi connectivity index (χ4v) is 3.43. The van der Waals surface area contributed by atoms with E-state index >= 15 is 0 Å². The lowest BCUT2D eigenvalue weighted by Gasteiger charge is -2.40. The third-order valence-corrected chi connectivity index (χ3v) is 5.42. The standard InChI is InChI=1S/C23H26O13/c1-31-13-6-10(21(28)29)4-5-12(13)35-23-20(27)19(26)18(25)16(36-23)9-34-22(30)11-7-14(32-2)17(24)15(8-11)33-3/h4-8,16,18-20,23-27H,9H2,1-3H3,(H,28,29)/t16-,18-,19+,20-,23+/m1/s1. The van der Waals surface area contributed by atoms with Gasteiger partial charge in [0, 0.05) is 0 Å². The number of hydrogen-bond acceptors (Lipinski definition) is 12. The normalized spacial score (nSPS) is 23.4. The van der Waals surface area contributed by atoms with Gasteiger partial charge in [0.2, 0.25) is 12.0 Å². The number of esters is 1. The summed E-state index contributed by atoms with van der Waals surface area (Å²) < 4.78 is 31.4. The number of benzene rings is 2. The van der Waals surface area contributed by atoms with Crippen LogP contribution in [0, 0.1) is 0 Å². The van der Waals surface area contributed by atoms with Gasteiger partial charge in [0.1, 0.15) is 31.0 Å². The van der Waals surface area contributed by atoms with E-state index < -0.39 is 49.3 Å². The molecule has 13 heteroatoms. The second kappa shape index (κ2) is 11.3. The fraction of sp³-hybridized carbons (Fsp3) is 0.391. The number of carbonyl (C=O) groups excluding carboxylic acids is 1. The highest BCUT2D eigenvalue weighted by Gasteiger charge is 2.45. The highest BCUT2D eigenvalue weighted by molar-refractivity contribution is 5.91. The van der Waals surface area contributed by atoms with E-state index in [0.717, 1.165) is 0 Å². The van der Waals surface area contributed by atoms with Crippen molar-refractivity contribution in [3.63, 3.8) is 0 Å². The lowest BCUT2D eigenvalue weighted by Crippen LogP contribution is -2.60. The van der Waals surface area contributed by atoms with Crippen LogP contribution in [-0.2, 0) is 9.47 Å². The van der Waals surface area contributed by atoms with Crippen LogP contribution in [0.4, 0.5) is 0 Å². The Morgan fingerprint density at radius 2 is 1.42 bits per heavy atom. The molecule has 0 amide bonds. The lowest BCUT2D eigenvalue weighted by molar-refractivity contribution is -0.277. The third kappa shape index (κ3) is 5.54. The Balaban J connectivity index is 1.74. The van der Waals surface area contributed by atoms with Crippen LogP contribution < -0.4 is 18.9 Å². The van der Waals surface area contributed by atoms with E-state index in [4.69, 9.17) is 33.5 Å². The number of phenolic OH excluding ortho intramolecular Hbond substituents is 1. The van der Waals surface area contributed by atoms with Crippen molar-refractivity contribution in [2.75, 3.05) is 27.9 Å². The van der Waals surface area contributed by atoms with Crippen molar-refractivity contribution in [1.29, 1.82) is 0 Å². The minimum absolute atomic E-state index is 0.00540. The maximum atomic E-state index is 12.6. The van der Waals surface area contributed by atoms with Crippen molar-refractivity contribution in [2.45, 2.75) is 30.7 Å². The molecule has 0 saturated carbocycles. The average Bonchev–Trinajstić information content (AvgIpc) is 2.88. The van der Waals surface area contributed by atoms with Crippen LogP contribution in [-0.4, -0.2) is 96.1 Å². The van der Waals surface area contributed by atoms with E-state index in [9.17, 15) is 30.0 Å². The Bertz CT molecular complexity index is 1080. The predicted molar refractivity (Wildman–Crippen MR) is 119 cm³/mol. The molecule has 1 heterocycles. The summed E-state index contributed by atoms with van der Waals surface area (Å²) in [4.78, 5) is 23.7. The highest BCUT2D eigenvalue weighted by atomic mass is 16.7. The fourth-order valence-electron chi connectivity index (χ4n) is 3.43. The van der Waals surface area contributed by atoms with Gasteiger partial charge in [-0.2, -0.15) is 0 Å². The second-order valence-corrected chi connectivity index (χ2v) is 7.63. The topological polar surface area (TPSA) is 191 Å². The van der Waals surface area contributed by atoms with Crippen LogP contribution in [0.2, 0.25) is 0 Å². The molecule has 0 bridgehead atoms. The van der Waals surface area contributed by atoms with Crippen molar-refractivity contribution in [3.05, 3.63) is 41.5 Å². The Labute approximate surface area is 204 Å². The van der Waals surface area contributed by atoms with Gasteiger partial charge in [-0.05, 0) is 30.3 Å². The summed E-state index contributed by atoms with van der Waals surface area (Å²) >= 11 is 0. The van der Waals surface area contributed by atoms with Crippen LogP contribution in [0.15, 0.2) is 30.3 Å². The number of methoxy groups -OCH3 is 3. The summed E-state index contributed by atoms with van der Waals surface area (Å²) in [6.45, 7) is -0.551. The van der Waals surface area contributed by atoms with E-state index in [-0.39, 0.29) is 39.9 Å². The average molecular weight is 510 g/mol. The summed E-state index contributed by atoms with van der Waals surface area (Å²) in [5.74, 6) is -2.45. The van der Waals surface area contributed by atoms with Gasteiger partial charge in [-0.15, -0.1) is 0 Å². The molecule has 0 radical (unpaired) electrons. The first-order chi connectivity index (χ1) is 17.1. The number of carbonyl (C=O) groups is 2. The third-order valence-electron chi connectivity index (χ3n) is 5.42. The van der Waals surface area contributed by atoms with Crippen molar-refractivity contribution in [2.24, 2.45) is 0 Å². The number of rotatable bonds is 9. The van der Waals surface area contributed by atoms with Crippen LogP contribution in [0.5, 0.6) is 28.7 Å². The predicted octanol–water partition coefficient (Wildman–Crippen LogP) is 0.160. The van der Waals surface area contributed by atoms with Gasteiger partial charge in [-0.1, -0.05) is 0 Å². The quantitative estimate of drug-likeness (QED) is 0.287. The highest BCUT2D eigenvalue weighted by Crippen LogP contribution is 2.37. The maximum absolute atomic E-state index is 12.6. The molecule has 1 fully saturated rings. The van der Waals surface area contributed by atoms with E-state index in [1.807, 2.05) is 0 Å². The Kier molecular flexibility index (Phi) is 8.42. The van der Waals surface area contributed by atoms with Crippen LogP contribution >= 0.6 is 0 Å². The number of phenols is 1. The zero-order valence-corrected chi connectivity index (χ0v) is 19.5. The number of aromatic hydroxyl groups is 1. The molecule has 1 aliphatic heterocycles. The first-order valence-corrected chi connectivity index (χ1v) is 10.5. The number of aliphatic hydroxyl groups excluding tert-OH is 3. The number of aliphatic hydroxyl groups is 3. The number of hydrogen-bond donors (Lipinski definition) is 5. The van der Waals surface area contributed by atoms with E-state index in [0.29, 0.717) is 0 Å². The van der Waals surface area contributed by atoms with Gasteiger partial charge in [0.25, 0.3) is 0 Å². The van der Waals surface area contributed by atoms with E-state index in [2.05, 4.69) is 0 Å². The zero-order chi connectivity index (χ0) is 26.6. The number of ether oxygens (including phenoxy) is 6. The summed E-state index contributed by atoms with van der Waals surface area (Å²) in [5.41, 5.74) is -0.115. The number of carboxylic acid groups (broad SMARTS) is 1. The monoisotopic (exact) mass is 510 g/mol. The van der Waals surface area contributed by atoms with E-state index in [1.54, 1.807) is 0 Å². The van der Waals surface area contributed by atoms with Gasteiger partial charge in [0.15, 0.2) is 23.0 Å². The number of carboxylic acids is 1.